The van der Waals surface area contributed by atoms with E-state index in [0.29, 0.717) is 6.61 Å². The Morgan fingerprint density at radius 3 is 2.04 bits per heavy atom. The molecule has 0 atom stereocenters. The normalized spacial score (nSPS) is 10.5. The molecule has 0 saturated heterocycles. The second-order valence-electron chi connectivity index (χ2n) is 5.35. The molecule has 3 aromatic carbocycles. The highest BCUT2D eigenvalue weighted by atomic mass is 35.5. The van der Waals surface area contributed by atoms with Crippen LogP contribution in [0.4, 0.5) is 0 Å². The van der Waals surface area contributed by atoms with Crippen molar-refractivity contribution in [2.45, 2.75) is 6.92 Å². The lowest BCUT2D eigenvalue weighted by atomic mass is 9.94. The Morgan fingerprint density at radius 1 is 0.792 bits per heavy atom. The maximum atomic E-state index is 6.51. The van der Waals surface area contributed by atoms with Crippen LogP contribution in [0.1, 0.15) is 6.92 Å². The Hall–Kier alpha value is -2.45. The van der Waals surface area contributed by atoms with Gasteiger partial charge in [0.25, 0.3) is 0 Å². The summed E-state index contributed by atoms with van der Waals surface area (Å²) >= 11 is 6.51. The predicted molar refractivity (Wildman–Crippen MR) is 100 cm³/mol. The Kier molecular flexibility index (Phi) is 5.07. The highest BCUT2D eigenvalue weighted by molar-refractivity contribution is 6.34. The van der Waals surface area contributed by atoms with Gasteiger partial charge in [0, 0.05) is 10.6 Å². The topological polar surface area (TPSA) is 18.5 Å². The highest BCUT2D eigenvalue weighted by Gasteiger charge is 2.11. The molecule has 0 aliphatic heterocycles. The number of ether oxygens (including phenoxy) is 2. The Bertz CT molecular complexity index is 808. The van der Waals surface area contributed by atoms with Crippen LogP contribution in [-0.4, -0.2) is 13.7 Å². The van der Waals surface area contributed by atoms with Crippen LogP contribution in [-0.2, 0) is 0 Å². The number of halogens is 1. The number of hydrogen-bond acceptors (Lipinski definition) is 2. The number of benzene rings is 3. The molecule has 3 aromatic rings. The highest BCUT2D eigenvalue weighted by Crippen LogP contribution is 2.38. The van der Waals surface area contributed by atoms with Crippen molar-refractivity contribution in [3.63, 3.8) is 0 Å². The van der Waals surface area contributed by atoms with Crippen molar-refractivity contribution in [1.82, 2.24) is 0 Å². The van der Waals surface area contributed by atoms with Gasteiger partial charge in [-0.25, -0.2) is 0 Å². The van der Waals surface area contributed by atoms with Gasteiger partial charge in [0.1, 0.15) is 11.5 Å². The van der Waals surface area contributed by atoms with Gasteiger partial charge in [-0.1, -0.05) is 48.0 Å². The minimum absolute atomic E-state index is 0.660. The van der Waals surface area contributed by atoms with E-state index in [1.165, 1.54) is 0 Å². The number of methoxy groups -OCH3 is 1. The predicted octanol–water partition coefficient (Wildman–Crippen LogP) is 6.08. The smallest absolute Gasteiger partial charge is 0.119 e. The summed E-state index contributed by atoms with van der Waals surface area (Å²) in [4.78, 5) is 0. The third kappa shape index (κ3) is 3.39. The first-order valence-electron chi connectivity index (χ1n) is 7.89. The van der Waals surface area contributed by atoms with E-state index >= 15 is 0 Å². The van der Waals surface area contributed by atoms with E-state index in [-0.39, 0.29) is 0 Å². The molecule has 0 amide bonds. The quantitative estimate of drug-likeness (QED) is 0.561. The molecule has 3 heteroatoms. The van der Waals surface area contributed by atoms with Crippen molar-refractivity contribution in [3.8, 4) is 33.8 Å². The number of rotatable bonds is 5. The minimum Gasteiger partial charge on any atom is -0.497 e. The van der Waals surface area contributed by atoms with Crippen molar-refractivity contribution in [2.24, 2.45) is 0 Å². The van der Waals surface area contributed by atoms with Crippen molar-refractivity contribution < 1.29 is 9.47 Å². The molecule has 24 heavy (non-hydrogen) atoms. The van der Waals surface area contributed by atoms with Crippen molar-refractivity contribution in [3.05, 3.63) is 71.8 Å². The lowest BCUT2D eigenvalue weighted by molar-refractivity contribution is 0.340. The fourth-order valence-corrected chi connectivity index (χ4v) is 3.00. The molecule has 0 aliphatic rings. The third-order valence-electron chi connectivity index (χ3n) is 3.87. The lowest BCUT2D eigenvalue weighted by Gasteiger charge is -2.13. The summed E-state index contributed by atoms with van der Waals surface area (Å²) in [7, 11) is 1.66. The van der Waals surface area contributed by atoms with Crippen LogP contribution in [0.25, 0.3) is 22.3 Å². The monoisotopic (exact) mass is 338 g/mol. The zero-order valence-electron chi connectivity index (χ0n) is 13.8. The first-order valence-corrected chi connectivity index (χ1v) is 8.27. The van der Waals surface area contributed by atoms with Crippen molar-refractivity contribution >= 4 is 11.6 Å². The zero-order chi connectivity index (χ0) is 16.9. The van der Waals surface area contributed by atoms with Gasteiger partial charge in [0.2, 0.25) is 0 Å². The van der Waals surface area contributed by atoms with E-state index in [1.807, 2.05) is 55.5 Å². The molecule has 0 aromatic heterocycles. The fraction of sp³-hybridized carbons (Fsp3) is 0.143. The molecule has 0 saturated carbocycles. The molecule has 0 spiro atoms. The Labute approximate surface area is 147 Å². The summed E-state index contributed by atoms with van der Waals surface area (Å²) < 4.78 is 10.8. The van der Waals surface area contributed by atoms with Crippen LogP contribution in [0.3, 0.4) is 0 Å². The molecule has 0 bridgehead atoms. The minimum atomic E-state index is 0.660. The molecule has 2 nitrogen and oxygen atoms in total. The van der Waals surface area contributed by atoms with Gasteiger partial charge in [-0.05, 0) is 53.9 Å². The first-order chi connectivity index (χ1) is 11.7. The largest absolute Gasteiger partial charge is 0.497 e. The van der Waals surface area contributed by atoms with Gasteiger partial charge in [-0.3, -0.25) is 0 Å². The third-order valence-corrected chi connectivity index (χ3v) is 4.18. The average molecular weight is 339 g/mol. The summed E-state index contributed by atoms with van der Waals surface area (Å²) in [5, 5.41) is 0.728. The Morgan fingerprint density at radius 2 is 1.42 bits per heavy atom. The zero-order valence-corrected chi connectivity index (χ0v) is 14.5. The second kappa shape index (κ2) is 7.41. The van der Waals surface area contributed by atoms with Crippen molar-refractivity contribution in [2.75, 3.05) is 13.7 Å². The molecule has 0 unspecified atom stereocenters. The van der Waals surface area contributed by atoms with Gasteiger partial charge < -0.3 is 9.47 Å². The average Bonchev–Trinajstić information content (AvgIpc) is 2.63. The van der Waals surface area contributed by atoms with E-state index in [0.717, 1.165) is 38.8 Å². The second-order valence-corrected chi connectivity index (χ2v) is 5.76. The number of hydrogen-bond donors (Lipinski definition) is 0. The van der Waals surface area contributed by atoms with E-state index in [1.54, 1.807) is 7.11 Å². The summed E-state index contributed by atoms with van der Waals surface area (Å²) in [5.74, 6) is 1.70. The van der Waals surface area contributed by atoms with Crippen LogP contribution < -0.4 is 9.47 Å². The van der Waals surface area contributed by atoms with Gasteiger partial charge in [0.15, 0.2) is 0 Å². The van der Waals surface area contributed by atoms with Crippen molar-refractivity contribution in [1.29, 1.82) is 0 Å². The summed E-state index contributed by atoms with van der Waals surface area (Å²) in [6.07, 6.45) is 0. The first kappa shape index (κ1) is 16.4. The van der Waals surface area contributed by atoms with Crippen LogP contribution in [0.15, 0.2) is 66.7 Å². The lowest BCUT2D eigenvalue weighted by Crippen LogP contribution is -1.91. The van der Waals surface area contributed by atoms with Crippen LogP contribution >= 0.6 is 11.6 Å². The van der Waals surface area contributed by atoms with Gasteiger partial charge in [-0.2, -0.15) is 0 Å². The van der Waals surface area contributed by atoms with E-state index in [4.69, 9.17) is 21.1 Å². The van der Waals surface area contributed by atoms with E-state index in [9.17, 15) is 0 Å². The van der Waals surface area contributed by atoms with Gasteiger partial charge in [-0.15, -0.1) is 0 Å². The molecule has 0 aliphatic carbocycles. The SMILES string of the molecule is CCOc1ccc(-c2cccc(Cl)c2-c2ccc(OC)cc2)cc1. The fourth-order valence-electron chi connectivity index (χ4n) is 2.71. The molecule has 0 fully saturated rings. The molecule has 0 radical (unpaired) electrons. The van der Waals surface area contributed by atoms with Gasteiger partial charge in [0.05, 0.1) is 13.7 Å². The molecular weight excluding hydrogens is 320 g/mol. The van der Waals surface area contributed by atoms with Crippen LogP contribution in [0.2, 0.25) is 5.02 Å². The summed E-state index contributed by atoms with van der Waals surface area (Å²) in [5.41, 5.74) is 4.28. The molecule has 122 valence electrons. The van der Waals surface area contributed by atoms with E-state index in [2.05, 4.69) is 18.2 Å². The van der Waals surface area contributed by atoms with E-state index < -0.39 is 0 Å². The summed E-state index contributed by atoms with van der Waals surface area (Å²) in [6.45, 7) is 2.64. The maximum absolute atomic E-state index is 6.51. The van der Waals surface area contributed by atoms with Gasteiger partial charge >= 0.3 is 0 Å². The van der Waals surface area contributed by atoms with Crippen LogP contribution in [0, 0.1) is 0 Å². The standard InChI is InChI=1S/C21H19ClO2/c1-3-24-18-13-7-15(8-14-18)19-5-4-6-20(22)21(19)16-9-11-17(23-2)12-10-16/h4-14H,3H2,1-2H3. The molecule has 0 heterocycles. The Balaban J connectivity index is 2.06. The molecular formula is C21H19ClO2. The summed E-state index contributed by atoms with van der Waals surface area (Å²) in [6, 6.07) is 22.0. The van der Waals surface area contributed by atoms with Crippen LogP contribution in [0.5, 0.6) is 11.5 Å². The molecule has 0 N–H and O–H groups in total. The maximum Gasteiger partial charge on any atom is 0.119 e. The molecule has 3 rings (SSSR count).